The van der Waals surface area contributed by atoms with Gasteiger partial charge in [0.15, 0.2) is 0 Å². The molecule has 0 radical (unpaired) electrons. The quantitative estimate of drug-likeness (QED) is 0.893. The van der Waals surface area contributed by atoms with E-state index in [1.165, 1.54) is 0 Å². The maximum absolute atomic E-state index is 12.0. The summed E-state index contributed by atoms with van der Waals surface area (Å²) < 4.78 is 5.15. The van der Waals surface area contributed by atoms with Crippen molar-refractivity contribution < 1.29 is 9.21 Å². The Morgan fingerprint density at radius 1 is 1.35 bits per heavy atom. The Labute approximate surface area is 117 Å². The molecule has 0 unspecified atom stereocenters. The highest BCUT2D eigenvalue weighted by Crippen LogP contribution is 2.09. The Kier molecular flexibility index (Phi) is 4.02. The molecule has 2 heterocycles. The van der Waals surface area contributed by atoms with Crippen molar-refractivity contribution in [3.8, 4) is 0 Å². The lowest BCUT2D eigenvalue weighted by Gasteiger charge is -2.20. The van der Waals surface area contributed by atoms with E-state index in [2.05, 4.69) is 20.6 Å². The van der Waals surface area contributed by atoms with Crippen LogP contribution in [0.25, 0.3) is 0 Å². The fourth-order valence-corrected chi connectivity index (χ4v) is 1.55. The minimum atomic E-state index is -0.263. The van der Waals surface area contributed by atoms with Crippen LogP contribution in [0.15, 0.2) is 35.1 Å². The molecule has 0 saturated heterocycles. The SMILES string of the molecule is CC(C)(C)Nc1nccc(C(=O)NCc2ccco2)n1. The van der Waals surface area contributed by atoms with Gasteiger partial charge < -0.3 is 15.1 Å². The molecular weight excluding hydrogens is 256 g/mol. The van der Waals surface area contributed by atoms with E-state index in [1.54, 1.807) is 30.7 Å². The van der Waals surface area contributed by atoms with Crippen LogP contribution in [0.5, 0.6) is 0 Å². The number of nitrogens with one attached hydrogen (secondary N) is 2. The molecule has 0 atom stereocenters. The van der Waals surface area contributed by atoms with Crippen molar-refractivity contribution in [3.63, 3.8) is 0 Å². The monoisotopic (exact) mass is 274 g/mol. The molecule has 2 aromatic rings. The predicted molar refractivity (Wildman–Crippen MR) is 75.3 cm³/mol. The van der Waals surface area contributed by atoms with Gasteiger partial charge in [0.05, 0.1) is 12.8 Å². The van der Waals surface area contributed by atoms with Crippen LogP contribution in [-0.2, 0) is 6.54 Å². The van der Waals surface area contributed by atoms with Crippen molar-refractivity contribution in [1.29, 1.82) is 0 Å². The van der Waals surface area contributed by atoms with Crippen LogP contribution >= 0.6 is 0 Å². The maximum atomic E-state index is 12.0. The van der Waals surface area contributed by atoms with Gasteiger partial charge in [-0.05, 0) is 39.0 Å². The molecule has 0 aliphatic heterocycles. The minimum absolute atomic E-state index is 0.163. The molecular formula is C14H18N4O2. The second-order valence-corrected chi connectivity index (χ2v) is 5.40. The summed E-state index contributed by atoms with van der Waals surface area (Å²) in [5.41, 5.74) is 0.154. The number of amides is 1. The summed E-state index contributed by atoms with van der Waals surface area (Å²) in [5, 5.41) is 5.87. The number of hydrogen-bond acceptors (Lipinski definition) is 5. The molecule has 1 amide bonds. The molecule has 0 aliphatic carbocycles. The summed E-state index contributed by atoms with van der Waals surface area (Å²) >= 11 is 0. The summed E-state index contributed by atoms with van der Waals surface area (Å²) in [6, 6.07) is 5.15. The fourth-order valence-electron chi connectivity index (χ4n) is 1.55. The summed E-state index contributed by atoms with van der Waals surface area (Å²) in [6.07, 6.45) is 3.13. The third-order valence-corrected chi connectivity index (χ3v) is 2.38. The first-order valence-corrected chi connectivity index (χ1v) is 6.36. The van der Waals surface area contributed by atoms with Gasteiger partial charge in [-0.25, -0.2) is 9.97 Å². The molecule has 6 heteroatoms. The lowest BCUT2D eigenvalue weighted by atomic mass is 10.1. The number of carbonyl (C=O) groups is 1. The van der Waals surface area contributed by atoms with Crippen molar-refractivity contribution >= 4 is 11.9 Å². The summed E-state index contributed by atoms with van der Waals surface area (Å²) in [4.78, 5) is 20.3. The zero-order valence-electron chi connectivity index (χ0n) is 11.8. The van der Waals surface area contributed by atoms with E-state index in [0.717, 1.165) is 0 Å². The van der Waals surface area contributed by atoms with E-state index in [9.17, 15) is 4.79 Å². The molecule has 0 spiro atoms. The summed E-state index contributed by atoms with van der Waals surface area (Å²) in [6.45, 7) is 6.33. The van der Waals surface area contributed by atoms with Crippen LogP contribution in [0.2, 0.25) is 0 Å². The molecule has 0 aliphatic rings. The number of rotatable bonds is 4. The predicted octanol–water partition coefficient (Wildman–Crippen LogP) is 2.21. The van der Waals surface area contributed by atoms with E-state index in [0.29, 0.717) is 23.9 Å². The minimum Gasteiger partial charge on any atom is -0.467 e. The zero-order valence-corrected chi connectivity index (χ0v) is 11.8. The zero-order chi connectivity index (χ0) is 14.6. The third kappa shape index (κ3) is 4.08. The van der Waals surface area contributed by atoms with Crippen molar-refractivity contribution in [1.82, 2.24) is 15.3 Å². The summed E-state index contributed by atoms with van der Waals surface area (Å²) in [7, 11) is 0. The highest BCUT2D eigenvalue weighted by molar-refractivity contribution is 5.92. The molecule has 2 rings (SSSR count). The average Bonchev–Trinajstić information content (AvgIpc) is 2.87. The van der Waals surface area contributed by atoms with Gasteiger partial charge in [-0.1, -0.05) is 0 Å². The van der Waals surface area contributed by atoms with Gasteiger partial charge in [-0.15, -0.1) is 0 Å². The third-order valence-electron chi connectivity index (χ3n) is 2.38. The van der Waals surface area contributed by atoms with E-state index in [1.807, 2.05) is 20.8 Å². The van der Waals surface area contributed by atoms with E-state index < -0.39 is 0 Å². The van der Waals surface area contributed by atoms with E-state index >= 15 is 0 Å². The second-order valence-electron chi connectivity index (χ2n) is 5.40. The Morgan fingerprint density at radius 3 is 2.80 bits per heavy atom. The highest BCUT2D eigenvalue weighted by atomic mass is 16.3. The van der Waals surface area contributed by atoms with Gasteiger partial charge in [-0.3, -0.25) is 4.79 Å². The van der Waals surface area contributed by atoms with Gasteiger partial charge in [0.2, 0.25) is 5.95 Å². The van der Waals surface area contributed by atoms with Gasteiger partial charge in [0, 0.05) is 11.7 Å². The number of hydrogen-bond donors (Lipinski definition) is 2. The molecule has 2 aromatic heterocycles. The van der Waals surface area contributed by atoms with Gasteiger partial charge in [0.25, 0.3) is 5.91 Å². The standard InChI is InChI=1S/C14H18N4O2/c1-14(2,3)18-13-15-7-6-11(17-13)12(19)16-9-10-5-4-8-20-10/h4-8H,9H2,1-3H3,(H,16,19)(H,15,17,18). The number of furan rings is 1. The molecule has 0 saturated carbocycles. The molecule has 6 nitrogen and oxygen atoms in total. The number of nitrogens with zero attached hydrogens (tertiary/aromatic N) is 2. The van der Waals surface area contributed by atoms with Crippen LogP contribution in [0, 0.1) is 0 Å². The largest absolute Gasteiger partial charge is 0.467 e. The number of anilines is 1. The first kappa shape index (κ1) is 14.0. The van der Waals surface area contributed by atoms with Crippen molar-refractivity contribution in [2.24, 2.45) is 0 Å². The van der Waals surface area contributed by atoms with Crippen LogP contribution in [0.3, 0.4) is 0 Å². The Bertz CT molecular complexity index is 573. The van der Waals surface area contributed by atoms with Gasteiger partial charge in [0.1, 0.15) is 11.5 Å². The van der Waals surface area contributed by atoms with E-state index in [-0.39, 0.29) is 11.4 Å². The lowest BCUT2D eigenvalue weighted by Crippen LogP contribution is -2.29. The topological polar surface area (TPSA) is 80.0 Å². The lowest BCUT2D eigenvalue weighted by molar-refractivity contribution is 0.0943. The Hall–Kier alpha value is -2.37. The number of carbonyl (C=O) groups excluding carboxylic acids is 1. The normalized spacial score (nSPS) is 11.2. The summed E-state index contributed by atoms with van der Waals surface area (Å²) in [5.74, 6) is 0.865. The first-order valence-electron chi connectivity index (χ1n) is 6.36. The van der Waals surface area contributed by atoms with Crippen molar-refractivity contribution in [2.75, 3.05) is 5.32 Å². The molecule has 20 heavy (non-hydrogen) atoms. The van der Waals surface area contributed by atoms with Crippen LogP contribution in [0.4, 0.5) is 5.95 Å². The van der Waals surface area contributed by atoms with Crippen molar-refractivity contribution in [3.05, 3.63) is 42.1 Å². The average molecular weight is 274 g/mol. The molecule has 106 valence electrons. The fraction of sp³-hybridized carbons (Fsp3) is 0.357. The highest BCUT2D eigenvalue weighted by Gasteiger charge is 2.13. The van der Waals surface area contributed by atoms with Crippen molar-refractivity contribution in [2.45, 2.75) is 32.9 Å². The van der Waals surface area contributed by atoms with E-state index in [4.69, 9.17) is 4.42 Å². The number of aromatic nitrogens is 2. The smallest absolute Gasteiger partial charge is 0.270 e. The Morgan fingerprint density at radius 2 is 2.15 bits per heavy atom. The maximum Gasteiger partial charge on any atom is 0.270 e. The Balaban J connectivity index is 2.01. The molecule has 2 N–H and O–H groups in total. The first-order chi connectivity index (χ1) is 9.44. The molecule has 0 aromatic carbocycles. The van der Waals surface area contributed by atoms with Gasteiger partial charge >= 0.3 is 0 Å². The van der Waals surface area contributed by atoms with Crippen LogP contribution < -0.4 is 10.6 Å². The van der Waals surface area contributed by atoms with Crippen LogP contribution in [0.1, 0.15) is 37.0 Å². The molecule has 0 fully saturated rings. The second kappa shape index (κ2) is 5.73. The van der Waals surface area contributed by atoms with Crippen LogP contribution in [-0.4, -0.2) is 21.4 Å². The molecule has 0 bridgehead atoms. The van der Waals surface area contributed by atoms with Gasteiger partial charge in [-0.2, -0.15) is 0 Å².